The Morgan fingerprint density at radius 3 is 1.71 bits per heavy atom. The summed E-state index contributed by atoms with van der Waals surface area (Å²) in [5.41, 5.74) is 6.66. The molecule has 8 aromatic carbocycles. The number of rotatable bonds is 4. The van der Waals surface area contributed by atoms with Gasteiger partial charge in [0.25, 0.3) is 0 Å². The smallest absolute Gasteiger partial charge is 0.227 e. The zero-order chi connectivity index (χ0) is 34.2. The van der Waals surface area contributed by atoms with E-state index in [1.807, 2.05) is 78.9 Å². The van der Waals surface area contributed by atoms with Gasteiger partial charge in [-0.1, -0.05) is 115 Å². The lowest BCUT2D eigenvalue weighted by Gasteiger charge is -2.10. The Kier molecular flexibility index (Phi) is 6.15. The Morgan fingerprint density at radius 2 is 0.885 bits per heavy atom. The normalized spacial score (nSPS) is 11.8. The van der Waals surface area contributed by atoms with E-state index in [-0.39, 0.29) is 0 Å². The second kappa shape index (κ2) is 11.2. The van der Waals surface area contributed by atoms with Gasteiger partial charge in [0.05, 0.1) is 5.39 Å². The van der Waals surface area contributed by atoms with Crippen LogP contribution in [0, 0.1) is 0 Å². The molecule has 0 radical (unpaired) electrons. The molecule has 0 aliphatic carbocycles. The van der Waals surface area contributed by atoms with E-state index >= 15 is 0 Å². The highest BCUT2D eigenvalue weighted by atomic mass is 16.4. The molecule has 3 aromatic heterocycles. The van der Waals surface area contributed by atoms with Crippen LogP contribution >= 0.6 is 0 Å². The Labute approximate surface area is 296 Å². The lowest BCUT2D eigenvalue weighted by Crippen LogP contribution is -2.00. The fourth-order valence-electron chi connectivity index (χ4n) is 7.41. The third-order valence-corrected chi connectivity index (χ3v) is 9.93. The molecule has 0 aliphatic rings. The molecule has 0 N–H and O–H groups in total. The van der Waals surface area contributed by atoms with Crippen molar-refractivity contribution < 1.29 is 8.83 Å². The number of nitrogens with zero attached hydrogens (tertiary/aromatic N) is 4. The third-order valence-electron chi connectivity index (χ3n) is 9.93. The zero-order valence-electron chi connectivity index (χ0n) is 27.6. The van der Waals surface area contributed by atoms with Gasteiger partial charge in [0.15, 0.2) is 23.1 Å². The van der Waals surface area contributed by atoms with Crippen molar-refractivity contribution in [1.82, 2.24) is 19.9 Å². The maximum atomic E-state index is 6.42. The highest BCUT2D eigenvalue weighted by Gasteiger charge is 2.20. The van der Waals surface area contributed by atoms with E-state index in [9.17, 15) is 0 Å². The quantitative estimate of drug-likeness (QED) is 0.174. The van der Waals surface area contributed by atoms with E-state index in [4.69, 9.17) is 28.8 Å². The van der Waals surface area contributed by atoms with Crippen LogP contribution in [0.2, 0.25) is 0 Å². The molecule has 6 heteroatoms. The van der Waals surface area contributed by atoms with Crippen molar-refractivity contribution in [1.29, 1.82) is 0 Å². The van der Waals surface area contributed by atoms with Crippen LogP contribution in [0.5, 0.6) is 0 Å². The molecular weight excluding hydrogens is 641 g/mol. The molecule has 0 bridgehead atoms. The number of hydrogen-bond acceptors (Lipinski definition) is 6. The average Bonchev–Trinajstić information content (AvgIpc) is 3.83. The Hall–Kier alpha value is -7.18. The van der Waals surface area contributed by atoms with Gasteiger partial charge in [0.2, 0.25) is 5.89 Å². The Morgan fingerprint density at radius 1 is 0.327 bits per heavy atom. The summed E-state index contributed by atoms with van der Waals surface area (Å²) < 4.78 is 12.7. The van der Waals surface area contributed by atoms with Crippen molar-refractivity contribution >= 4 is 65.4 Å². The molecule has 0 amide bonds. The van der Waals surface area contributed by atoms with Crippen LogP contribution in [0.3, 0.4) is 0 Å². The third kappa shape index (κ3) is 4.51. The van der Waals surface area contributed by atoms with E-state index < -0.39 is 0 Å². The monoisotopic (exact) mass is 666 g/mol. The minimum atomic E-state index is 0.575. The molecule has 6 nitrogen and oxygen atoms in total. The highest BCUT2D eigenvalue weighted by Crippen LogP contribution is 2.41. The van der Waals surface area contributed by atoms with Gasteiger partial charge < -0.3 is 8.83 Å². The van der Waals surface area contributed by atoms with Crippen LogP contribution in [0.4, 0.5) is 0 Å². The van der Waals surface area contributed by atoms with Crippen molar-refractivity contribution in [2.45, 2.75) is 0 Å². The number of benzene rings is 8. The van der Waals surface area contributed by atoms with Gasteiger partial charge in [-0.3, -0.25) is 0 Å². The molecule has 242 valence electrons. The molecule has 0 aliphatic heterocycles. The predicted molar refractivity (Wildman–Crippen MR) is 209 cm³/mol. The van der Waals surface area contributed by atoms with Crippen LogP contribution in [-0.4, -0.2) is 19.9 Å². The maximum Gasteiger partial charge on any atom is 0.227 e. The molecule has 11 aromatic rings. The van der Waals surface area contributed by atoms with Gasteiger partial charge in [-0.15, -0.1) is 0 Å². The minimum Gasteiger partial charge on any atom is -0.456 e. The summed E-state index contributed by atoms with van der Waals surface area (Å²) in [5, 5.41) is 8.76. The van der Waals surface area contributed by atoms with Gasteiger partial charge in [-0.2, -0.15) is 0 Å². The lowest BCUT2D eigenvalue weighted by atomic mass is 9.99. The molecule has 3 heterocycles. The standard InChI is InChI=1S/C46H26N4O2/c1-3-10-29(11-4-1)43-48-44(32-19-21-35-31(25-32)17-15-27-9-7-8-14-34(27)35)50-45(49-43)33-18-16-28-20-22-37-40(36(28)26-33)41-38(51-37)23-24-39-42(41)47-46(52-39)30-12-5-2-6-13-30/h1-26H. The van der Waals surface area contributed by atoms with Crippen LogP contribution < -0.4 is 0 Å². The maximum absolute atomic E-state index is 6.42. The highest BCUT2D eigenvalue weighted by molar-refractivity contribution is 6.25. The first-order valence-corrected chi connectivity index (χ1v) is 17.2. The van der Waals surface area contributed by atoms with E-state index in [1.54, 1.807) is 0 Å². The van der Waals surface area contributed by atoms with Gasteiger partial charge in [-0.25, -0.2) is 19.9 Å². The zero-order valence-corrected chi connectivity index (χ0v) is 27.6. The van der Waals surface area contributed by atoms with Crippen LogP contribution in [0.15, 0.2) is 167 Å². The van der Waals surface area contributed by atoms with Crippen LogP contribution in [-0.2, 0) is 0 Å². The fourth-order valence-corrected chi connectivity index (χ4v) is 7.41. The van der Waals surface area contributed by atoms with Crippen molar-refractivity contribution in [3.05, 3.63) is 158 Å². The molecule has 0 saturated heterocycles. The van der Waals surface area contributed by atoms with E-state index in [0.29, 0.717) is 28.9 Å². The number of furan rings is 1. The van der Waals surface area contributed by atoms with Gasteiger partial charge in [-0.05, 0) is 74.8 Å². The van der Waals surface area contributed by atoms with Gasteiger partial charge in [0, 0.05) is 27.6 Å². The van der Waals surface area contributed by atoms with Crippen molar-refractivity contribution in [2.24, 2.45) is 0 Å². The molecule has 0 spiro atoms. The largest absolute Gasteiger partial charge is 0.456 e. The van der Waals surface area contributed by atoms with E-state index in [2.05, 4.69) is 78.9 Å². The molecule has 0 saturated carbocycles. The van der Waals surface area contributed by atoms with Gasteiger partial charge >= 0.3 is 0 Å². The Balaban J connectivity index is 1.12. The molecule has 0 atom stereocenters. The predicted octanol–water partition coefficient (Wildman–Crippen LogP) is 12.0. The molecular formula is C46H26N4O2. The second-order valence-corrected chi connectivity index (χ2v) is 13.0. The van der Waals surface area contributed by atoms with Crippen molar-refractivity contribution in [3.8, 4) is 45.6 Å². The first-order chi connectivity index (χ1) is 25.7. The number of oxazole rings is 1. The number of fused-ring (bicyclic) bond motifs is 10. The second-order valence-electron chi connectivity index (χ2n) is 13.0. The summed E-state index contributed by atoms with van der Waals surface area (Å²) in [4.78, 5) is 20.2. The summed E-state index contributed by atoms with van der Waals surface area (Å²) in [5.74, 6) is 2.39. The molecule has 0 fully saturated rings. The SMILES string of the molecule is c1ccc(-c2nc(-c3ccc4c(ccc5ccccc54)c3)nc(-c3ccc4ccc5oc6ccc7oc(-c8ccccc8)nc7c6c5c4c3)n2)cc1. The lowest BCUT2D eigenvalue weighted by molar-refractivity contribution is 0.619. The van der Waals surface area contributed by atoms with E-state index in [0.717, 1.165) is 65.9 Å². The summed E-state index contributed by atoms with van der Waals surface area (Å²) in [6.07, 6.45) is 0. The Bertz CT molecular complexity index is 3180. The molecule has 52 heavy (non-hydrogen) atoms. The van der Waals surface area contributed by atoms with Crippen LogP contribution in [0.25, 0.3) is 111 Å². The minimum absolute atomic E-state index is 0.575. The summed E-state index contributed by atoms with van der Waals surface area (Å²) in [7, 11) is 0. The van der Waals surface area contributed by atoms with Crippen molar-refractivity contribution in [3.63, 3.8) is 0 Å². The number of hydrogen-bond donors (Lipinski definition) is 0. The summed E-state index contributed by atoms with van der Waals surface area (Å²) in [6.45, 7) is 0. The molecule has 11 rings (SSSR count). The first-order valence-electron chi connectivity index (χ1n) is 17.2. The van der Waals surface area contributed by atoms with Crippen molar-refractivity contribution in [2.75, 3.05) is 0 Å². The number of aromatic nitrogens is 4. The fraction of sp³-hybridized carbons (Fsp3) is 0. The topological polar surface area (TPSA) is 77.8 Å². The van der Waals surface area contributed by atoms with E-state index in [1.165, 1.54) is 16.2 Å². The summed E-state index contributed by atoms with van der Waals surface area (Å²) in [6, 6.07) is 53.7. The molecule has 0 unspecified atom stereocenters. The summed E-state index contributed by atoms with van der Waals surface area (Å²) >= 11 is 0. The van der Waals surface area contributed by atoms with Gasteiger partial charge in [0.1, 0.15) is 16.7 Å². The first kappa shape index (κ1) is 28.6. The average molecular weight is 667 g/mol. The van der Waals surface area contributed by atoms with Crippen LogP contribution in [0.1, 0.15) is 0 Å².